The van der Waals surface area contributed by atoms with Crippen LogP contribution in [-0.4, -0.2) is 42.2 Å². The largest absolute Gasteiger partial charge is 0.339 e. The lowest BCUT2D eigenvalue weighted by molar-refractivity contribution is -0.129. The molecule has 1 aromatic rings. The van der Waals surface area contributed by atoms with Gasteiger partial charge >= 0.3 is 0 Å². The summed E-state index contributed by atoms with van der Waals surface area (Å²) in [7, 11) is 0. The van der Waals surface area contributed by atoms with Crippen LogP contribution in [0.2, 0.25) is 0 Å². The lowest BCUT2D eigenvalue weighted by atomic mass is 10.2. The lowest BCUT2D eigenvalue weighted by Gasteiger charge is -2.31. The van der Waals surface area contributed by atoms with E-state index in [9.17, 15) is 4.79 Å². The number of amides is 1. The van der Waals surface area contributed by atoms with E-state index < -0.39 is 0 Å². The number of benzene rings is 1. The van der Waals surface area contributed by atoms with Gasteiger partial charge in [-0.2, -0.15) is 0 Å². The number of thioether (sulfide) groups is 1. The molecule has 1 unspecified atom stereocenters. The predicted octanol–water partition coefficient (Wildman–Crippen LogP) is 2.67. The molecule has 1 saturated heterocycles. The minimum absolute atomic E-state index is 0.237. The summed E-state index contributed by atoms with van der Waals surface area (Å²) >= 11 is 5.08. The van der Waals surface area contributed by atoms with Gasteiger partial charge in [0.05, 0.1) is 5.75 Å². The van der Waals surface area contributed by atoms with Gasteiger partial charge in [0.2, 0.25) is 5.91 Å². The molecule has 5 heteroatoms. The Bertz CT molecular complexity index is 467. The number of rotatable bonds is 3. The molecule has 1 aliphatic heterocycles. The van der Waals surface area contributed by atoms with E-state index in [4.69, 9.17) is 0 Å². The summed E-state index contributed by atoms with van der Waals surface area (Å²) in [6.45, 7) is 6.73. The van der Waals surface area contributed by atoms with Crippen LogP contribution in [-0.2, 0) is 4.79 Å². The number of nitrogens with zero attached hydrogens (tertiary/aromatic N) is 1. The minimum Gasteiger partial charge on any atom is -0.339 e. The fraction of sp³-hybridized carbons (Fsp3) is 0.500. The molecule has 1 heterocycles. The number of hydrogen-bond donors (Lipinski definition) is 1. The van der Waals surface area contributed by atoms with Crippen molar-refractivity contribution in [1.29, 1.82) is 0 Å². The van der Waals surface area contributed by atoms with Crippen LogP contribution in [0.4, 0.5) is 0 Å². The van der Waals surface area contributed by atoms with Gasteiger partial charge in [0, 0.05) is 35.0 Å². The van der Waals surface area contributed by atoms with Crippen LogP contribution in [0.15, 0.2) is 27.6 Å². The minimum atomic E-state index is 0.237. The molecule has 1 N–H and O–H groups in total. The molecule has 0 bridgehead atoms. The first-order chi connectivity index (χ1) is 9.06. The first-order valence-corrected chi connectivity index (χ1v) is 8.24. The fourth-order valence-electron chi connectivity index (χ4n) is 2.16. The maximum absolute atomic E-state index is 12.2. The Morgan fingerprint density at radius 2 is 2.37 bits per heavy atom. The Morgan fingerprint density at radius 3 is 3.05 bits per heavy atom. The molecule has 2 rings (SSSR count). The molecule has 0 spiro atoms. The van der Waals surface area contributed by atoms with Crippen LogP contribution >= 0.6 is 27.7 Å². The molecule has 1 aromatic carbocycles. The van der Waals surface area contributed by atoms with Crippen LogP contribution in [0.5, 0.6) is 0 Å². The van der Waals surface area contributed by atoms with Gasteiger partial charge in [-0.05, 0) is 37.6 Å². The molecule has 19 heavy (non-hydrogen) atoms. The molecule has 3 nitrogen and oxygen atoms in total. The molecule has 104 valence electrons. The van der Waals surface area contributed by atoms with Crippen molar-refractivity contribution in [3.8, 4) is 0 Å². The number of carbonyl (C=O) groups is 1. The van der Waals surface area contributed by atoms with Crippen molar-refractivity contribution < 1.29 is 4.79 Å². The predicted molar refractivity (Wildman–Crippen MR) is 83.6 cm³/mol. The average Bonchev–Trinajstić information content (AvgIpc) is 2.37. The number of hydrogen-bond acceptors (Lipinski definition) is 3. The van der Waals surface area contributed by atoms with Gasteiger partial charge < -0.3 is 10.2 Å². The molecule has 1 fully saturated rings. The van der Waals surface area contributed by atoms with Gasteiger partial charge in [-0.3, -0.25) is 4.79 Å². The Labute approximate surface area is 127 Å². The highest BCUT2D eigenvalue weighted by atomic mass is 79.9. The van der Waals surface area contributed by atoms with E-state index in [2.05, 4.69) is 47.2 Å². The number of halogens is 1. The second kappa shape index (κ2) is 6.77. The van der Waals surface area contributed by atoms with Gasteiger partial charge in [0.1, 0.15) is 0 Å². The van der Waals surface area contributed by atoms with Crippen molar-refractivity contribution >= 4 is 33.6 Å². The molecular formula is C14H19BrN2OS. The summed E-state index contributed by atoms with van der Waals surface area (Å²) in [4.78, 5) is 15.3. The van der Waals surface area contributed by atoms with Crippen LogP contribution < -0.4 is 5.32 Å². The van der Waals surface area contributed by atoms with Crippen molar-refractivity contribution in [3.63, 3.8) is 0 Å². The highest BCUT2D eigenvalue weighted by molar-refractivity contribution is 9.10. The van der Waals surface area contributed by atoms with Crippen molar-refractivity contribution in [2.75, 3.05) is 25.4 Å². The van der Waals surface area contributed by atoms with Crippen LogP contribution in [0.1, 0.15) is 12.5 Å². The standard InChI is InChI=1S/C14H19BrN2OS/c1-10-7-12(15)3-4-13(10)19-9-14(18)17-6-5-16-11(2)8-17/h3-4,7,11,16H,5-6,8-9H2,1-2H3. The third-order valence-electron chi connectivity index (χ3n) is 3.21. The van der Waals surface area contributed by atoms with E-state index in [-0.39, 0.29) is 5.91 Å². The van der Waals surface area contributed by atoms with Crippen LogP contribution in [0.3, 0.4) is 0 Å². The number of aryl methyl sites for hydroxylation is 1. The lowest BCUT2D eigenvalue weighted by Crippen LogP contribution is -2.51. The van der Waals surface area contributed by atoms with Crippen molar-refractivity contribution in [2.24, 2.45) is 0 Å². The maximum atomic E-state index is 12.2. The van der Waals surface area contributed by atoms with Gasteiger partial charge in [-0.25, -0.2) is 0 Å². The summed E-state index contributed by atoms with van der Waals surface area (Å²) in [6.07, 6.45) is 0. The summed E-state index contributed by atoms with van der Waals surface area (Å²) in [5.41, 5.74) is 1.21. The van der Waals surface area contributed by atoms with E-state index in [1.54, 1.807) is 11.8 Å². The summed E-state index contributed by atoms with van der Waals surface area (Å²) in [5.74, 6) is 0.760. The zero-order valence-corrected chi connectivity index (χ0v) is 13.7. The van der Waals surface area contributed by atoms with Crippen molar-refractivity contribution in [2.45, 2.75) is 24.8 Å². The number of nitrogens with one attached hydrogen (secondary N) is 1. The van der Waals surface area contributed by atoms with E-state index >= 15 is 0 Å². The van der Waals surface area contributed by atoms with Gasteiger partial charge in [0.25, 0.3) is 0 Å². The van der Waals surface area contributed by atoms with Crippen LogP contribution in [0.25, 0.3) is 0 Å². The highest BCUT2D eigenvalue weighted by Gasteiger charge is 2.20. The quantitative estimate of drug-likeness (QED) is 0.857. The normalized spacial score (nSPS) is 19.5. The molecule has 0 saturated carbocycles. The Kier molecular flexibility index (Phi) is 5.30. The Balaban J connectivity index is 1.89. The highest BCUT2D eigenvalue weighted by Crippen LogP contribution is 2.25. The van der Waals surface area contributed by atoms with E-state index in [1.807, 2.05) is 11.0 Å². The zero-order valence-electron chi connectivity index (χ0n) is 11.3. The molecule has 0 aliphatic carbocycles. The van der Waals surface area contributed by atoms with Gasteiger partial charge in [-0.15, -0.1) is 11.8 Å². The third-order valence-corrected chi connectivity index (χ3v) is 4.86. The zero-order chi connectivity index (χ0) is 13.8. The van der Waals surface area contributed by atoms with E-state index in [1.165, 1.54) is 10.5 Å². The smallest absolute Gasteiger partial charge is 0.233 e. The fourth-order valence-corrected chi connectivity index (χ4v) is 3.55. The first kappa shape index (κ1) is 14.9. The SMILES string of the molecule is Cc1cc(Br)ccc1SCC(=O)N1CCNC(C)C1. The molecule has 1 amide bonds. The maximum Gasteiger partial charge on any atom is 0.233 e. The first-order valence-electron chi connectivity index (χ1n) is 6.46. The second-order valence-corrected chi connectivity index (χ2v) is 6.83. The third kappa shape index (κ3) is 4.23. The molecule has 0 radical (unpaired) electrons. The average molecular weight is 343 g/mol. The second-order valence-electron chi connectivity index (χ2n) is 4.89. The van der Waals surface area contributed by atoms with Gasteiger partial charge in [0.15, 0.2) is 0 Å². The van der Waals surface area contributed by atoms with Crippen LogP contribution in [0, 0.1) is 6.92 Å². The van der Waals surface area contributed by atoms with Gasteiger partial charge in [-0.1, -0.05) is 15.9 Å². The molecular weight excluding hydrogens is 324 g/mol. The van der Waals surface area contributed by atoms with E-state index in [0.29, 0.717) is 11.8 Å². The molecule has 1 aliphatic rings. The van der Waals surface area contributed by atoms with Crippen molar-refractivity contribution in [3.05, 3.63) is 28.2 Å². The number of piperazine rings is 1. The number of carbonyl (C=O) groups excluding carboxylic acids is 1. The molecule has 0 aromatic heterocycles. The van der Waals surface area contributed by atoms with Crippen molar-refractivity contribution in [1.82, 2.24) is 10.2 Å². The monoisotopic (exact) mass is 342 g/mol. The molecule has 1 atom stereocenters. The summed E-state index contributed by atoms with van der Waals surface area (Å²) in [5, 5.41) is 3.35. The Morgan fingerprint density at radius 1 is 1.58 bits per heavy atom. The Hall–Kier alpha value is -0.520. The summed E-state index contributed by atoms with van der Waals surface area (Å²) < 4.78 is 1.08. The van der Waals surface area contributed by atoms with E-state index in [0.717, 1.165) is 24.1 Å². The summed E-state index contributed by atoms with van der Waals surface area (Å²) in [6, 6.07) is 6.57. The topological polar surface area (TPSA) is 32.3 Å².